The molecule has 1 aromatic carbocycles. The lowest BCUT2D eigenvalue weighted by atomic mass is 10.1. The van der Waals surface area contributed by atoms with Gasteiger partial charge in [-0.2, -0.15) is 18.2 Å². The largest absolute Gasteiger partial charge is 0.469 e. The number of amides is 2. The molecule has 1 aliphatic rings. The Balaban J connectivity index is 1.54. The lowest BCUT2D eigenvalue weighted by molar-refractivity contribution is -0.143. The second kappa shape index (κ2) is 10.7. The molecule has 1 saturated heterocycles. The second-order valence-electron chi connectivity index (χ2n) is 7.98. The zero-order valence-corrected chi connectivity index (χ0v) is 18.8. The predicted octanol–water partition coefficient (Wildman–Crippen LogP) is 2.70. The molecular weight excluding hydrogens is 457 g/mol. The minimum Gasteiger partial charge on any atom is -0.469 e. The fraction of sp³-hybridized carbons (Fsp3) is 0.500. The molecular formula is C22H25F3N4O5. The lowest BCUT2D eigenvalue weighted by Gasteiger charge is -2.40. The van der Waals surface area contributed by atoms with Crippen LogP contribution in [0, 0.1) is 0 Å². The number of piperazine rings is 1. The van der Waals surface area contributed by atoms with Crippen molar-refractivity contribution in [3.05, 3.63) is 35.7 Å². The first-order valence-electron chi connectivity index (χ1n) is 10.7. The van der Waals surface area contributed by atoms with Crippen molar-refractivity contribution in [3.63, 3.8) is 0 Å². The Bertz CT molecular complexity index is 1040. The maximum absolute atomic E-state index is 12.9. The zero-order chi connectivity index (χ0) is 24.9. The number of halogens is 3. The third kappa shape index (κ3) is 6.33. The number of benzene rings is 1. The van der Waals surface area contributed by atoms with Crippen LogP contribution in [0.2, 0.25) is 0 Å². The Kier molecular flexibility index (Phi) is 7.90. The number of methoxy groups -OCH3 is 1. The summed E-state index contributed by atoms with van der Waals surface area (Å²) >= 11 is 0. The highest BCUT2D eigenvalue weighted by atomic mass is 19.4. The maximum atomic E-state index is 12.9. The summed E-state index contributed by atoms with van der Waals surface area (Å²) in [6, 6.07) is 4.29. The van der Waals surface area contributed by atoms with Crippen LogP contribution < -0.4 is 0 Å². The van der Waals surface area contributed by atoms with E-state index in [1.807, 2.05) is 6.92 Å². The quantitative estimate of drug-likeness (QED) is 0.559. The summed E-state index contributed by atoms with van der Waals surface area (Å²) in [4.78, 5) is 43.7. The molecule has 2 amide bonds. The van der Waals surface area contributed by atoms with Gasteiger partial charge in [0.1, 0.15) is 0 Å². The van der Waals surface area contributed by atoms with Crippen LogP contribution >= 0.6 is 0 Å². The molecule has 1 aromatic heterocycles. The summed E-state index contributed by atoms with van der Waals surface area (Å²) in [7, 11) is 1.29. The highest BCUT2D eigenvalue weighted by Gasteiger charge is 2.32. The molecule has 0 saturated carbocycles. The molecule has 9 nitrogen and oxygen atoms in total. The summed E-state index contributed by atoms with van der Waals surface area (Å²) in [5, 5.41) is 3.72. The van der Waals surface area contributed by atoms with Crippen molar-refractivity contribution < 1.29 is 36.8 Å². The van der Waals surface area contributed by atoms with Gasteiger partial charge >= 0.3 is 12.1 Å². The number of rotatable bonds is 7. The average molecular weight is 482 g/mol. The van der Waals surface area contributed by atoms with E-state index in [0.717, 1.165) is 12.1 Å². The highest BCUT2D eigenvalue weighted by Crippen LogP contribution is 2.31. The van der Waals surface area contributed by atoms with Gasteiger partial charge in [-0.1, -0.05) is 11.2 Å². The monoisotopic (exact) mass is 482 g/mol. The Labute approximate surface area is 193 Å². The van der Waals surface area contributed by atoms with Crippen molar-refractivity contribution in [1.82, 2.24) is 19.9 Å². The van der Waals surface area contributed by atoms with Gasteiger partial charge in [-0.15, -0.1) is 0 Å². The third-order valence-electron chi connectivity index (χ3n) is 5.51. The number of carbonyl (C=O) groups is 3. The van der Waals surface area contributed by atoms with Crippen LogP contribution in [0.25, 0.3) is 11.5 Å². The van der Waals surface area contributed by atoms with Gasteiger partial charge < -0.3 is 19.1 Å². The van der Waals surface area contributed by atoms with Gasteiger partial charge in [-0.3, -0.25) is 14.4 Å². The summed E-state index contributed by atoms with van der Waals surface area (Å²) in [5.74, 6) is -0.779. The van der Waals surface area contributed by atoms with E-state index >= 15 is 0 Å². The molecule has 0 spiro atoms. The van der Waals surface area contributed by atoms with Gasteiger partial charge in [-0.25, -0.2) is 0 Å². The van der Waals surface area contributed by atoms with Gasteiger partial charge in [0.2, 0.25) is 11.8 Å². The predicted molar refractivity (Wildman–Crippen MR) is 112 cm³/mol. The zero-order valence-electron chi connectivity index (χ0n) is 18.8. The summed E-state index contributed by atoms with van der Waals surface area (Å²) in [6.07, 6.45) is -3.90. The van der Waals surface area contributed by atoms with E-state index in [1.165, 1.54) is 19.2 Å². The summed E-state index contributed by atoms with van der Waals surface area (Å²) in [6.45, 7) is 2.83. The SMILES string of the molecule is COC(=O)CCCC(=O)N1CCN(C(=O)Cc2noc(-c3cccc(C(F)(F)F)c3)n2)CC1C. The molecule has 0 N–H and O–H groups in total. The summed E-state index contributed by atoms with van der Waals surface area (Å²) in [5.41, 5.74) is -0.735. The first kappa shape index (κ1) is 25.2. The molecule has 1 unspecified atom stereocenters. The molecule has 2 aromatic rings. The van der Waals surface area contributed by atoms with E-state index in [1.54, 1.807) is 9.80 Å². The normalized spacial score (nSPS) is 16.4. The molecule has 1 fully saturated rings. The average Bonchev–Trinajstić information content (AvgIpc) is 3.26. The lowest BCUT2D eigenvalue weighted by Crippen LogP contribution is -2.55. The van der Waals surface area contributed by atoms with Crippen LogP contribution in [0.1, 0.15) is 37.6 Å². The number of alkyl halides is 3. The fourth-order valence-corrected chi connectivity index (χ4v) is 3.70. The van der Waals surface area contributed by atoms with E-state index in [2.05, 4.69) is 14.9 Å². The van der Waals surface area contributed by atoms with Crippen molar-refractivity contribution in [2.45, 2.75) is 44.8 Å². The Hall–Kier alpha value is -3.44. The Morgan fingerprint density at radius 3 is 2.62 bits per heavy atom. The Morgan fingerprint density at radius 2 is 1.94 bits per heavy atom. The van der Waals surface area contributed by atoms with Crippen molar-refractivity contribution in [2.24, 2.45) is 0 Å². The molecule has 2 heterocycles. The third-order valence-corrected chi connectivity index (χ3v) is 5.51. The van der Waals surface area contributed by atoms with Gasteiger partial charge in [0.15, 0.2) is 5.82 Å². The molecule has 0 bridgehead atoms. The standard InChI is InChI=1S/C22H25F3N4O5/c1-14-13-28(9-10-29(14)18(30)7-4-8-20(32)33-2)19(31)12-17-26-21(34-27-17)15-5-3-6-16(11-15)22(23,24)25/h3,5-6,11,14H,4,7-10,12-13H2,1-2H3. The molecule has 34 heavy (non-hydrogen) atoms. The van der Waals surface area contributed by atoms with Gasteiger partial charge in [-0.05, 0) is 31.5 Å². The number of nitrogens with zero attached hydrogens (tertiary/aromatic N) is 4. The van der Waals surface area contributed by atoms with E-state index in [-0.39, 0.29) is 60.4 Å². The minimum atomic E-state index is -4.50. The highest BCUT2D eigenvalue weighted by molar-refractivity contribution is 5.80. The van der Waals surface area contributed by atoms with E-state index < -0.39 is 11.7 Å². The Morgan fingerprint density at radius 1 is 1.18 bits per heavy atom. The minimum absolute atomic E-state index is 0.0615. The summed E-state index contributed by atoms with van der Waals surface area (Å²) < 4.78 is 48.4. The molecule has 1 atom stereocenters. The second-order valence-corrected chi connectivity index (χ2v) is 7.98. The molecule has 0 aliphatic carbocycles. The number of esters is 1. The van der Waals surface area contributed by atoms with Crippen LogP contribution in [0.5, 0.6) is 0 Å². The molecule has 1 aliphatic heterocycles. The van der Waals surface area contributed by atoms with Gasteiger partial charge in [0.25, 0.3) is 5.89 Å². The number of hydrogen-bond acceptors (Lipinski definition) is 7. The van der Waals surface area contributed by atoms with Crippen molar-refractivity contribution in [3.8, 4) is 11.5 Å². The number of ether oxygens (including phenoxy) is 1. The van der Waals surface area contributed by atoms with E-state index in [0.29, 0.717) is 26.1 Å². The van der Waals surface area contributed by atoms with Crippen LogP contribution in [-0.2, 0) is 31.7 Å². The van der Waals surface area contributed by atoms with Gasteiger partial charge in [0.05, 0.1) is 19.1 Å². The van der Waals surface area contributed by atoms with E-state index in [9.17, 15) is 27.6 Å². The smallest absolute Gasteiger partial charge is 0.416 e. The van der Waals surface area contributed by atoms with Crippen molar-refractivity contribution in [1.29, 1.82) is 0 Å². The van der Waals surface area contributed by atoms with Gasteiger partial charge in [0, 0.05) is 44.1 Å². The molecule has 3 rings (SSSR count). The maximum Gasteiger partial charge on any atom is 0.416 e. The van der Waals surface area contributed by atoms with Crippen molar-refractivity contribution in [2.75, 3.05) is 26.7 Å². The molecule has 184 valence electrons. The van der Waals surface area contributed by atoms with Crippen LogP contribution in [0.4, 0.5) is 13.2 Å². The first-order chi connectivity index (χ1) is 16.1. The van der Waals surface area contributed by atoms with Crippen LogP contribution in [0.15, 0.2) is 28.8 Å². The number of aromatic nitrogens is 2. The fourth-order valence-electron chi connectivity index (χ4n) is 3.70. The van der Waals surface area contributed by atoms with E-state index in [4.69, 9.17) is 4.52 Å². The first-order valence-corrected chi connectivity index (χ1v) is 10.7. The topological polar surface area (TPSA) is 106 Å². The van der Waals surface area contributed by atoms with Crippen LogP contribution in [0.3, 0.4) is 0 Å². The number of carbonyl (C=O) groups excluding carboxylic acids is 3. The number of hydrogen-bond donors (Lipinski definition) is 0. The van der Waals surface area contributed by atoms with Crippen molar-refractivity contribution >= 4 is 17.8 Å². The molecule has 12 heteroatoms. The van der Waals surface area contributed by atoms with Crippen LogP contribution in [-0.4, -0.2) is 70.5 Å². The molecule has 0 radical (unpaired) electrons.